The molecule has 6 heteroatoms. The predicted molar refractivity (Wildman–Crippen MR) is 89.4 cm³/mol. The van der Waals surface area contributed by atoms with Crippen molar-refractivity contribution in [3.8, 4) is 5.75 Å². The van der Waals surface area contributed by atoms with Gasteiger partial charge in [0.2, 0.25) is 0 Å². The molecule has 0 aliphatic rings. The van der Waals surface area contributed by atoms with Crippen molar-refractivity contribution in [2.75, 3.05) is 6.66 Å². The highest BCUT2D eigenvalue weighted by atomic mass is 31.2. The largest absolute Gasteiger partial charge is 0.460 e. The molecule has 1 N–H and O–H groups in total. The van der Waals surface area contributed by atoms with Crippen LogP contribution in [0.3, 0.4) is 0 Å². The Morgan fingerprint density at radius 2 is 1.65 bits per heavy atom. The van der Waals surface area contributed by atoms with E-state index in [1.165, 1.54) is 6.66 Å². The molecule has 0 radical (unpaired) electrons. The van der Waals surface area contributed by atoms with Gasteiger partial charge in [-0.1, -0.05) is 48.5 Å². The van der Waals surface area contributed by atoms with Crippen molar-refractivity contribution in [1.29, 1.82) is 0 Å². The maximum atomic E-state index is 12.4. The Hall–Kier alpha value is -2.10. The van der Waals surface area contributed by atoms with Crippen molar-refractivity contribution in [3.63, 3.8) is 0 Å². The third-order valence-corrected chi connectivity index (χ3v) is 4.44. The summed E-state index contributed by atoms with van der Waals surface area (Å²) in [4.78, 5) is 12.0. The van der Waals surface area contributed by atoms with Gasteiger partial charge in [-0.05, 0) is 24.6 Å². The van der Waals surface area contributed by atoms with Crippen molar-refractivity contribution in [1.82, 2.24) is 5.09 Å². The van der Waals surface area contributed by atoms with Gasteiger partial charge in [0.05, 0.1) is 0 Å². The van der Waals surface area contributed by atoms with Crippen LogP contribution in [0.2, 0.25) is 0 Å². The van der Waals surface area contributed by atoms with Crippen LogP contribution in [0.1, 0.15) is 12.5 Å². The second kappa shape index (κ2) is 7.95. The van der Waals surface area contributed by atoms with E-state index in [1.807, 2.05) is 36.4 Å². The van der Waals surface area contributed by atoms with E-state index in [4.69, 9.17) is 9.26 Å². The Bertz CT molecular complexity index is 676. The van der Waals surface area contributed by atoms with Gasteiger partial charge in [-0.15, -0.1) is 0 Å². The van der Waals surface area contributed by atoms with Gasteiger partial charge in [0, 0.05) is 6.66 Å². The number of hydrogen-bond donors (Lipinski definition) is 1. The zero-order chi connectivity index (χ0) is 16.7. The lowest BCUT2D eigenvalue weighted by atomic mass is 10.2. The minimum Gasteiger partial charge on any atom is -0.460 e. The van der Waals surface area contributed by atoms with Gasteiger partial charge >= 0.3 is 13.5 Å². The fraction of sp³-hybridized carbons (Fsp3) is 0.235. The summed E-state index contributed by atoms with van der Waals surface area (Å²) in [7, 11) is -3.17. The van der Waals surface area contributed by atoms with Gasteiger partial charge in [-0.3, -0.25) is 9.36 Å². The highest BCUT2D eigenvalue weighted by Crippen LogP contribution is 2.39. The monoisotopic (exact) mass is 333 g/mol. The molecule has 2 aromatic rings. The maximum Gasteiger partial charge on any atom is 0.323 e. The van der Waals surface area contributed by atoms with Crippen LogP contribution in [0.5, 0.6) is 5.75 Å². The summed E-state index contributed by atoms with van der Waals surface area (Å²) >= 11 is 0. The summed E-state index contributed by atoms with van der Waals surface area (Å²) < 4.78 is 23.1. The molecule has 2 atom stereocenters. The molecule has 0 spiro atoms. The standard InChI is InChI=1S/C17H20NO4P/c1-14(17(19)21-13-15-9-5-3-6-10-15)18-23(2,20)22-16-11-7-4-8-12-16/h3-12,14H,13H2,1-2H3,(H,18,20)/t14-,23+/m0/s1. The maximum absolute atomic E-state index is 12.4. The molecule has 0 saturated carbocycles. The number of hydrogen-bond acceptors (Lipinski definition) is 4. The summed E-state index contributed by atoms with van der Waals surface area (Å²) in [6.07, 6.45) is 0. The second-order valence-electron chi connectivity index (χ2n) is 5.19. The Morgan fingerprint density at radius 1 is 1.09 bits per heavy atom. The van der Waals surface area contributed by atoms with Crippen molar-refractivity contribution in [3.05, 3.63) is 66.2 Å². The number of benzene rings is 2. The first-order chi connectivity index (χ1) is 11.0. The van der Waals surface area contributed by atoms with Gasteiger partial charge in [-0.25, -0.2) is 5.09 Å². The number of ether oxygens (including phenoxy) is 1. The van der Waals surface area contributed by atoms with Crippen molar-refractivity contribution in [2.24, 2.45) is 0 Å². The van der Waals surface area contributed by atoms with Crippen LogP contribution in [0.15, 0.2) is 60.7 Å². The Labute approximate surface area is 136 Å². The SMILES string of the molecule is C[C@H](N[P@](C)(=O)Oc1ccccc1)C(=O)OCc1ccccc1. The fourth-order valence-electron chi connectivity index (χ4n) is 1.97. The van der Waals surface area contributed by atoms with E-state index >= 15 is 0 Å². The Balaban J connectivity index is 1.86. The molecule has 0 aromatic heterocycles. The van der Waals surface area contributed by atoms with Crippen molar-refractivity contribution in [2.45, 2.75) is 19.6 Å². The van der Waals surface area contributed by atoms with Gasteiger partial charge < -0.3 is 9.26 Å². The van der Waals surface area contributed by atoms with Crippen LogP contribution in [-0.4, -0.2) is 18.7 Å². The van der Waals surface area contributed by atoms with Gasteiger partial charge in [0.1, 0.15) is 18.4 Å². The van der Waals surface area contributed by atoms with Crippen LogP contribution < -0.4 is 9.61 Å². The topological polar surface area (TPSA) is 64.6 Å². The van der Waals surface area contributed by atoms with Crippen LogP contribution in [-0.2, 0) is 20.7 Å². The summed E-state index contributed by atoms with van der Waals surface area (Å²) in [5.41, 5.74) is 0.897. The van der Waals surface area contributed by atoms with E-state index in [0.717, 1.165) is 5.56 Å². The smallest absolute Gasteiger partial charge is 0.323 e. The molecule has 0 aliphatic carbocycles. The lowest BCUT2D eigenvalue weighted by Crippen LogP contribution is -2.34. The summed E-state index contributed by atoms with van der Waals surface area (Å²) in [6, 6.07) is 17.5. The third kappa shape index (κ3) is 5.89. The van der Waals surface area contributed by atoms with Gasteiger partial charge in [0.15, 0.2) is 0 Å². The average Bonchev–Trinajstić information content (AvgIpc) is 2.53. The average molecular weight is 333 g/mol. The van der Waals surface area contributed by atoms with E-state index in [2.05, 4.69) is 5.09 Å². The normalized spacial score (nSPS) is 14.5. The molecule has 0 saturated heterocycles. The molecule has 0 amide bonds. The first-order valence-corrected chi connectivity index (χ1v) is 9.34. The lowest BCUT2D eigenvalue weighted by Gasteiger charge is -2.20. The van der Waals surface area contributed by atoms with E-state index in [1.54, 1.807) is 31.2 Å². The first kappa shape index (κ1) is 17.3. The highest BCUT2D eigenvalue weighted by Gasteiger charge is 2.25. The minimum absolute atomic E-state index is 0.180. The molecule has 0 unspecified atom stereocenters. The van der Waals surface area contributed by atoms with E-state index in [9.17, 15) is 9.36 Å². The van der Waals surface area contributed by atoms with Crippen molar-refractivity contribution < 1.29 is 18.6 Å². The molecule has 5 nitrogen and oxygen atoms in total. The number of rotatable bonds is 7. The molecule has 122 valence electrons. The highest BCUT2D eigenvalue weighted by molar-refractivity contribution is 7.56. The quantitative estimate of drug-likeness (QED) is 0.619. The molecular weight excluding hydrogens is 313 g/mol. The summed E-state index contributed by atoms with van der Waals surface area (Å²) in [5, 5.41) is 2.70. The van der Waals surface area contributed by atoms with Crippen LogP contribution in [0.25, 0.3) is 0 Å². The third-order valence-electron chi connectivity index (χ3n) is 3.03. The Kier molecular flexibility index (Phi) is 5.97. The molecule has 2 aromatic carbocycles. The van der Waals surface area contributed by atoms with E-state index in [-0.39, 0.29) is 6.61 Å². The van der Waals surface area contributed by atoms with Crippen LogP contribution >= 0.6 is 7.52 Å². The summed E-state index contributed by atoms with van der Waals surface area (Å²) in [6.45, 7) is 3.21. The number of esters is 1. The van der Waals surface area contributed by atoms with Gasteiger partial charge in [-0.2, -0.15) is 0 Å². The number of para-hydroxylation sites is 1. The molecule has 0 bridgehead atoms. The minimum atomic E-state index is -3.17. The van der Waals surface area contributed by atoms with Gasteiger partial charge in [0.25, 0.3) is 0 Å². The molecule has 2 rings (SSSR count). The van der Waals surface area contributed by atoms with E-state index in [0.29, 0.717) is 5.75 Å². The fourth-order valence-corrected chi connectivity index (χ4v) is 3.35. The predicted octanol–water partition coefficient (Wildman–Crippen LogP) is 3.61. The molecule has 0 aliphatic heterocycles. The molecular formula is C17H20NO4P. The van der Waals surface area contributed by atoms with Crippen LogP contribution in [0.4, 0.5) is 0 Å². The number of carbonyl (C=O) groups excluding carboxylic acids is 1. The van der Waals surface area contributed by atoms with Crippen LogP contribution in [0, 0.1) is 0 Å². The summed E-state index contributed by atoms with van der Waals surface area (Å²) in [5.74, 6) is 0.00303. The molecule has 0 fully saturated rings. The zero-order valence-corrected chi connectivity index (χ0v) is 14.0. The zero-order valence-electron chi connectivity index (χ0n) is 13.1. The molecule has 23 heavy (non-hydrogen) atoms. The Morgan fingerprint density at radius 3 is 2.26 bits per heavy atom. The van der Waals surface area contributed by atoms with E-state index < -0.39 is 19.5 Å². The second-order valence-corrected chi connectivity index (χ2v) is 7.33. The first-order valence-electron chi connectivity index (χ1n) is 7.27. The number of nitrogens with one attached hydrogen (secondary N) is 1. The molecule has 0 heterocycles. The number of carbonyl (C=O) groups is 1. The van der Waals surface area contributed by atoms with Crippen molar-refractivity contribution >= 4 is 13.5 Å². The lowest BCUT2D eigenvalue weighted by molar-refractivity contribution is -0.146.